The van der Waals surface area contributed by atoms with Crippen LogP contribution in [0, 0.1) is 5.41 Å². The number of carbonyl (C=O) groups is 1. The number of likely N-dealkylation sites (N-methyl/N-ethyl adjacent to an activating group) is 1. The number of hydrogen-bond donors (Lipinski definition) is 1. The summed E-state index contributed by atoms with van der Waals surface area (Å²) in [5.41, 5.74) is -0.646. The SMILES string of the molecule is CC(C)OCCN(C)CCC(C)(C)C(=O)O. The Kier molecular flexibility index (Phi) is 6.60. The topological polar surface area (TPSA) is 49.8 Å². The van der Waals surface area contributed by atoms with Crippen LogP contribution in [0.15, 0.2) is 0 Å². The fourth-order valence-electron chi connectivity index (χ4n) is 1.13. The van der Waals surface area contributed by atoms with Crippen LogP contribution in [0.2, 0.25) is 0 Å². The zero-order chi connectivity index (χ0) is 12.8. The van der Waals surface area contributed by atoms with Crippen molar-refractivity contribution in [1.82, 2.24) is 4.90 Å². The highest BCUT2D eigenvalue weighted by molar-refractivity contribution is 5.73. The number of carboxylic acids is 1. The normalized spacial score (nSPS) is 12.4. The molecule has 0 aromatic carbocycles. The molecule has 0 saturated carbocycles. The van der Waals surface area contributed by atoms with Gasteiger partial charge in [-0.1, -0.05) is 0 Å². The number of ether oxygens (including phenoxy) is 1. The summed E-state index contributed by atoms with van der Waals surface area (Å²) in [7, 11) is 1.99. The van der Waals surface area contributed by atoms with Gasteiger partial charge in [-0.25, -0.2) is 0 Å². The van der Waals surface area contributed by atoms with Crippen LogP contribution in [0.4, 0.5) is 0 Å². The Labute approximate surface area is 98.6 Å². The monoisotopic (exact) mass is 231 g/mol. The van der Waals surface area contributed by atoms with Crippen LogP contribution in [-0.2, 0) is 9.53 Å². The third-order valence-corrected chi connectivity index (χ3v) is 2.62. The first kappa shape index (κ1) is 15.4. The minimum Gasteiger partial charge on any atom is -0.481 e. The summed E-state index contributed by atoms with van der Waals surface area (Å²) >= 11 is 0. The van der Waals surface area contributed by atoms with E-state index in [2.05, 4.69) is 4.90 Å². The number of aliphatic carboxylic acids is 1. The summed E-state index contributed by atoms with van der Waals surface area (Å²) in [5, 5.41) is 8.96. The molecule has 4 heteroatoms. The second-order valence-electron chi connectivity index (χ2n) is 5.16. The van der Waals surface area contributed by atoms with Gasteiger partial charge in [0.05, 0.1) is 18.1 Å². The molecule has 0 fully saturated rings. The fraction of sp³-hybridized carbons (Fsp3) is 0.917. The highest BCUT2D eigenvalue weighted by Gasteiger charge is 2.26. The molecule has 0 atom stereocenters. The van der Waals surface area contributed by atoms with Crippen LogP contribution in [0.1, 0.15) is 34.1 Å². The predicted molar refractivity (Wildman–Crippen MR) is 64.6 cm³/mol. The van der Waals surface area contributed by atoms with Gasteiger partial charge in [0.25, 0.3) is 0 Å². The molecule has 0 aliphatic heterocycles. The third-order valence-electron chi connectivity index (χ3n) is 2.62. The second-order valence-corrected chi connectivity index (χ2v) is 5.16. The molecule has 0 bridgehead atoms. The lowest BCUT2D eigenvalue weighted by Gasteiger charge is -2.23. The van der Waals surface area contributed by atoms with Crippen LogP contribution >= 0.6 is 0 Å². The van der Waals surface area contributed by atoms with Gasteiger partial charge in [0.1, 0.15) is 0 Å². The van der Waals surface area contributed by atoms with Crippen molar-refractivity contribution in [3.63, 3.8) is 0 Å². The van der Waals surface area contributed by atoms with Gasteiger partial charge >= 0.3 is 5.97 Å². The van der Waals surface area contributed by atoms with Gasteiger partial charge in [0, 0.05) is 6.54 Å². The Morgan fingerprint density at radius 1 is 1.38 bits per heavy atom. The summed E-state index contributed by atoms with van der Waals surface area (Å²) in [6, 6.07) is 0. The number of nitrogens with zero attached hydrogens (tertiary/aromatic N) is 1. The average Bonchev–Trinajstić information content (AvgIpc) is 2.14. The summed E-state index contributed by atoms with van der Waals surface area (Å²) in [6.07, 6.45) is 0.907. The van der Waals surface area contributed by atoms with Crippen molar-refractivity contribution in [3.8, 4) is 0 Å². The average molecular weight is 231 g/mol. The van der Waals surface area contributed by atoms with Gasteiger partial charge in [0.15, 0.2) is 0 Å². The van der Waals surface area contributed by atoms with Crippen molar-refractivity contribution in [2.75, 3.05) is 26.7 Å². The molecule has 0 spiro atoms. The number of hydrogen-bond acceptors (Lipinski definition) is 3. The summed E-state index contributed by atoms with van der Waals surface area (Å²) in [4.78, 5) is 13.0. The molecule has 0 saturated heterocycles. The van der Waals surface area contributed by atoms with Crippen molar-refractivity contribution in [1.29, 1.82) is 0 Å². The predicted octanol–water partition coefficient (Wildman–Crippen LogP) is 1.84. The summed E-state index contributed by atoms with van der Waals surface area (Å²) in [5.74, 6) is -0.737. The molecule has 0 aromatic rings. The van der Waals surface area contributed by atoms with E-state index in [0.717, 1.165) is 13.1 Å². The highest BCUT2D eigenvalue weighted by Crippen LogP contribution is 2.20. The maximum absolute atomic E-state index is 10.9. The van der Waals surface area contributed by atoms with Crippen LogP contribution in [-0.4, -0.2) is 48.8 Å². The zero-order valence-corrected chi connectivity index (χ0v) is 11.1. The van der Waals surface area contributed by atoms with E-state index in [9.17, 15) is 4.79 Å². The molecule has 0 radical (unpaired) electrons. The maximum atomic E-state index is 10.9. The minimum atomic E-state index is -0.737. The maximum Gasteiger partial charge on any atom is 0.309 e. The molecule has 16 heavy (non-hydrogen) atoms. The molecule has 0 aliphatic carbocycles. The number of rotatable bonds is 8. The summed E-state index contributed by atoms with van der Waals surface area (Å²) in [6.45, 7) is 9.85. The van der Waals surface area contributed by atoms with E-state index in [1.165, 1.54) is 0 Å². The van der Waals surface area contributed by atoms with Crippen molar-refractivity contribution in [3.05, 3.63) is 0 Å². The molecular weight excluding hydrogens is 206 g/mol. The first-order valence-corrected chi connectivity index (χ1v) is 5.79. The van der Waals surface area contributed by atoms with Crippen molar-refractivity contribution in [2.45, 2.75) is 40.2 Å². The van der Waals surface area contributed by atoms with E-state index in [1.54, 1.807) is 13.8 Å². The lowest BCUT2D eigenvalue weighted by molar-refractivity contribution is -0.147. The van der Waals surface area contributed by atoms with E-state index in [-0.39, 0.29) is 6.10 Å². The first-order valence-electron chi connectivity index (χ1n) is 5.79. The molecule has 0 heterocycles. The van der Waals surface area contributed by atoms with E-state index in [0.29, 0.717) is 13.0 Å². The van der Waals surface area contributed by atoms with Crippen molar-refractivity contribution in [2.24, 2.45) is 5.41 Å². The van der Waals surface area contributed by atoms with Gasteiger partial charge in [-0.15, -0.1) is 0 Å². The highest BCUT2D eigenvalue weighted by atomic mass is 16.5. The molecule has 96 valence electrons. The quantitative estimate of drug-likeness (QED) is 0.692. The van der Waals surface area contributed by atoms with Gasteiger partial charge in [-0.2, -0.15) is 0 Å². The largest absolute Gasteiger partial charge is 0.481 e. The molecular formula is C12H25NO3. The van der Waals surface area contributed by atoms with E-state index < -0.39 is 11.4 Å². The third kappa shape index (κ3) is 6.80. The Balaban J connectivity index is 3.73. The lowest BCUT2D eigenvalue weighted by Crippen LogP contribution is -2.32. The Hall–Kier alpha value is -0.610. The van der Waals surface area contributed by atoms with Crippen LogP contribution in [0.5, 0.6) is 0 Å². The van der Waals surface area contributed by atoms with Crippen LogP contribution in [0.3, 0.4) is 0 Å². The smallest absolute Gasteiger partial charge is 0.309 e. The Bertz CT molecular complexity index is 214. The van der Waals surface area contributed by atoms with Crippen LogP contribution < -0.4 is 0 Å². The van der Waals surface area contributed by atoms with Crippen LogP contribution in [0.25, 0.3) is 0 Å². The van der Waals surface area contributed by atoms with Gasteiger partial charge < -0.3 is 14.7 Å². The lowest BCUT2D eigenvalue weighted by atomic mass is 9.89. The van der Waals surface area contributed by atoms with E-state index in [1.807, 2.05) is 20.9 Å². The Morgan fingerprint density at radius 2 is 1.94 bits per heavy atom. The molecule has 1 N–H and O–H groups in total. The van der Waals surface area contributed by atoms with Gasteiger partial charge in [-0.05, 0) is 47.7 Å². The Morgan fingerprint density at radius 3 is 2.38 bits per heavy atom. The summed E-state index contributed by atoms with van der Waals surface area (Å²) < 4.78 is 5.43. The molecule has 4 nitrogen and oxygen atoms in total. The first-order chi connectivity index (χ1) is 7.25. The van der Waals surface area contributed by atoms with Crippen molar-refractivity contribution >= 4 is 5.97 Å². The van der Waals surface area contributed by atoms with E-state index in [4.69, 9.17) is 9.84 Å². The van der Waals surface area contributed by atoms with Gasteiger partial charge in [0.2, 0.25) is 0 Å². The molecule has 0 unspecified atom stereocenters. The number of carboxylic acid groups (broad SMARTS) is 1. The standard InChI is InChI=1S/C12H25NO3/c1-10(2)16-9-8-13(5)7-6-12(3,4)11(14)15/h10H,6-9H2,1-5H3,(H,14,15). The van der Waals surface area contributed by atoms with E-state index >= 15 is 0 Å². The molecule has 0 rings (SSSR count). The second kappa shape index (κ2) is 6.86. The van der Waals surface area contributed by atoms with Crippen molar-refractivity contribution < 1.29 is 14.6 Å². The minimum absolute atomic E-state index is 0.254. The van der Waals surface area contributed by atoms with Gasteiger partial charge in [-0.3, -0.25) is 4.79 Å². The fourth-order valence-corrected chi connectivity index (χ4v) is 1.13. The molecule has 0 aromatic heterocycles. The molecule has 0 amide bonds. The zero-order valence-electron chi connectivity index (χ0n) is 11.1. The molecule has 0 aliphatic rings.